The van der Waals surface area contributed by atoms with E-state index in [9.17, 15) is 0 Å². The average Bonchev–Trinajstić information content (AvgIpc) is 2.50. The highest BCUT2D eigenvalue weighted by molar-refractivity contribution is 6.21. The lowest BCUT2D eigenvalue weighted by atomic mass is 10.1. The van der Waals surface area contributed by atoms with E-state index in [-0.39, 0.29) is 5.38 Å². The van der Waals surface area contributed by atoms with Crippen molar-refractivity contribution in [1.29, 1.82) is 0 Å². The number of rotatable bonds is 9. The Kier molecular flexibility index (Phi) is 7.78. The highest BCUT2D eigenvalue weighted by Crippen LogP contribution is 2.33. The third-order valence-electron chi connectivity index (χ3n) is 3.47. The first-order valence-corrected chi connectivity index (χ1v) is 7.68. The number of methoxy groups -OCH3 is 2. The fraction of sp³-hybridized carbons (Fsp3) is 0.625. The maximum absolute atomic E-state index is 6.58. The van der Waals surface area contributed by atoms with Gasteiger partial charge in [-0.1, -0.05) is 26.3 Å². The van der Waals surface area contributed by atoms with Crippen LogP contribution in [0.4, 0.5) is 0 Å². The molecule has 1 rings (SSSR count). The van der Waals surface area contributed by atoms with Crippen LogP contribution in [-0.4, -0.2) is 38.8 Å². The molecule has 0 bridgehead atoms. The van der Waals surface area contributed by atoms with Crippen LogP contribution in [0.5, 0.6) is 11.5 Å². The molecule has 0 aliphatic carbocycles. The van der Waals surface area contributed by atoms with Gasteiger partial charge in [0.05, 0.1) is 19.6 Å². The van der Waals surface area contributed by atoms with Gasteiger partial charge in [0.2, 0.25) is 0 Å². The lowest BCUT2D eigenvalue weighted by molar-refractivity contribution is 0.282. The molecule has 0 N–H and O–H groups in total. The summed E-state index contributed by atoms with van der Waals surface area (Å²) in [6.07, 6.45) is 2.41. The van der Waals surface area contributed by atoms with Crippen molar-refractivity contribution in [2.24, 2.45) is 0 Å². The molecule has 114 valence electrons. The summed E-state index contributed by atoms with van der Waals surface area (Å²) in [6.45, 7) is 7.32. The molecule has 0 radical (unpaired) electrons. The number of alkyl halides is 1. The van der Waals surface area contributed by atoms with Crippen LogP contribution in [0.1, 0.15) is 37.6 Å². The molecular formula is C16H26ClNO2. The number of benzene rings is 1. The predicted octanol–water partition coefficient (Wildman–Crippen LogP) is 4.11. The van der Waals surface area contributed by atoms with E-state index < -0.39 is 0 Å². The molecule has 1 aromatic carbocycles. The first-order valence-electron chi connectivity index (χ1n) is 7.24. The lowest BCUT2D eigenvalue weighted by Crippen LogP contribution is -2.28. The highest BCUT2D eigenvalue weighted by Gasteiger charge is 2.17. The zero-order chi connectivity index (χ0) is 15.0. The average molecular weight is 300 g/mol. The summed E-state index contributed by atoms with van der Waals surface area (Å²) in [5, 5.41) is -0.0762. The smallest absolute Gasteiger partial charge is 0.127 e. The van der Waals surface area contributed by atoms with Crippen molar-refractivity contribution in [3.05, 3.63) is 23.8 Å². The first kappa shape index (κ1) is 17.1. The first-order chi connectivity index (χ1) is 9.65. The Balaban J connectivity index is 2.77. The normalized spacial score (nSPS) is 12.5. The molecule has 0 heterocycles. The minimum Gasteiger partial charge on any atom is -0.497 e. The third kappa shape index (κ3) is 4.88. The van der Waals surface area contributed by atoms with Crippen molar-refractivity contribution in [3.8, 4) is 11.5 Å². The fourth-order valence-corrected chi connectivity index (χ4v) is 2.54. The van der Waals surface area contributed by atoms with Crippen LogP contribution in [0.3, 0.4) is 0 Å². The van der Waals surface area contributed by atoms with Gasteiger partial charge < -0.3 is 14.4 Å². The zero-order valence-electron chi connectivity index (χ0n) is 13.0. The van der Waals surface area contributed by atoms with Crippen molar-refractivity contribution in [3.63, 3.8) is 0 Å². The van der Waals surface area contributed by atoms with Gasteiger partial charge in [-0.2, -0.15) is 0 Å². The van der Waals surface area contributed by atoms with Crippen LogP contribution < -0.4 is 9.47 Å². The Morgan fingerprint density at radius 2 is 1.95 bits per heavy atom. The molecule has 0 aliphatic heterocycles. The number of hydrogen-bond donors (Lipinski definition) is 0. The highest BCUT2D eigenvalue weighted by atomic mass is 35.5. The van der Waals surface area contributed by atoms with Crippen molar-refractivity contribution in [2.45, 2.75) is 32.1 Å². The number of nitrogens with zero attached hydrogens (tertiary/aromatic N) is 1. The molecule has 0 saturated heterocycles. The van der Waals surface area contributed by atoms with Crippen LogP contribution in [0.25, 0.3) is 0 Å². The van der Waals surface area contributed by atoms with E-state index in [4.69, 9.17) is 21.1 Å². The Morgan fingerprint density at radius 3 is 2.50 bits per heavy atom. The van der Waals surface area contributed by atoms with Gasteiger partial charge >= 0.3 is 0 Å². The summed E-state index contributed by atoms with van der Waals surface area (Å²) in [5.74, 6) is 1.57. The zero-order valence-corrected chi connectivity index (χ0v) is 13.7. The molecule has 0 amide bonds. The molecule has 0 spiro atoms. The summed E-state index contributed by atoms with van der Waals surface area (Å²) in [7, 11) is 3.31. The van der Waals surface area contributed by atoms with Crippen molar-refractivity contribution < 1.29 is 9.47 Å². The Labute approximate surface area is 127 Å². The minimum atomic E-state index is -0.0762. The maximum atomic E-state index is 6.58. The lowest BCUT2D eigenvalue weighted by Gasteiger charge is -2.24. The number of unbranched alkanes of at least 4 members (excludes halogenated alkanes) is 1. The molecule has 1 aromatic rings. The summed E-state index contributed by atoms with van der Waals surface area (Å²) < 4.78 is 10.6. The van der Waals surface area contributed by atoms with E-state index in [1.807, 2.05) is 18.2 Å². The van der Waals surface area contributed by atoms with Crippen molar-refractivity contribution in [2.75, 3.05) is 33.9 Å². The second kappa shape index (κ2) is 9.09. The topological polar surface area (TPSA) is 21.7 Å². The second-order valence-electron chi connectivity index (χ2n) is 4.82. The van der Waals surface area contributed by atoms with Gasteiger partial charge in [-0.3, -0.25) is 0 Å². The monoisotopic (exact) mass is 299 g/mol. The van der Waals surface area contributed by atoms with E-state index in [0.717, 1.165) is 36.7 Å². The maximum Gasteiger partial charge on any atom is 0.127 e. The van der Waals surface area contributed by atoms with Crippen LogP contribution in [-0.2, 0) is 0 Å². The van der Waals surface area contributed by atoms with E-state index in [0.29, 0.717) is 0 Å². The summed E-state index contributed by atoms with van der Waals surface area (Å²) in [5.41, 5.74) is 1.02. The molecule has 1 unspecified atom stereocenters. The Bertz CT molecular complexity index is 398. The van der Waals surface area contributed by atoms with Crippen molar-refractivity contribution in [1.82, 2.24) is 4.90 Å². The standard InChI is InChI=1S/C16H26ClNO2/c1-5-7-10-18(6-2)12-15(17)14-9-8-13(19-3)11-16(14)20-4/h8-9,11,15H,5-7,10,12H2,1-4H3. The van der Waals surface area contributed by atoms with Gasteiger partial charge in [-0.25, -0.2) is 0 Å². The van der Waals surface area contributed by atoms with Gasteiger partial charge in [-0.05, 0) is 25.6 Å². The number of ether oxygens (including phenoxy) is 2. The largest absolute Gasteiger partial charge is 0.497 e. The van der Waals surface area contributed by atoms with Crippen LogP contribution in [0.15, 0.2) is 18.2 Å². The van der Waals surface area contributed by atoms with Crippen molar-refractivity contribution >= 4 is 11.6 Å². The van der Waals surface area contributed by atoms with Crippen LogP contribution in [0, 0.1) is 0 Å². The SMILES string of the molecule is CCCCN(CC)CC(Cl)c1ccc(OC)cc1OC. The van der Waals surface area contributed by atoms with E-state index >= 15 is 0 Å². The number of likely N-dealkylation sites (N-methyl/N-ethyl adjacent to an activating group) is 1. The molecule has 0 saturated carbocycles. The molecule has 3 nitrogen and oxygen atoms in total. The quantitative estimate of drug-likeness (QED) is 0.641. The molecule has 0 aromatic heterocycles. The van der Waals surface area contributed by atoms with Gasteiger partial charge in [0.25, 0.3) is 0 Å². The minimum absolute atomic E-state index is 0.0762. The Morgan fingerprint density at radius 1 is 1.20 bits per heavy atom. The third-order valence-corrected chi connectivity index (χ3v) is 3.84. The molecule has 0 aliphatic rings. The van der Waals surface area contributed by atoms with E-state index in [1.165, 1.54) is 12.8 Å². The molecular weight excluding hydrogens is 274 g/mol. The van der Waals surface area contributed by atoms with Gasteiger partial charge in [-0.15, -0.1) is 11.6 Å². The number of halogens is 1. The summed E-state index contributed by atoms with van der Waals surface area (Å²) in [6, 6.07) is 5.80. The van der Waals surface area contributed by atoms with Crippen LogP contribution >= 0.6 is 11.6 Å². The number of hydrogen-bond acceptors (Lipinski definition) is 3. The molecule has 0 fully saturated rings. The predicted molar refractivity (Wildman–Crippen MR) is 85.2 cm³/mol. The Hall–Kier alpha value is -0.930. The van der Waals surface area contributed by atoms with Crippen LogP contribution in [0.2, 0.25) is 0 Å². The molecule has 4 heteroatoms. The van der Waals surface area contributed by atoms with Gasteiger partial charge in [0.1, 0.15) is 11.5 Å². The second-order valence-corrected chi connectivity index (χ2v) is 5.35. The van der Waals surface area contributed by atoms with E-state index in [2.05, 4.69) is 18.7 Å². The van der Waals surface area contributed by atoms with Gasteiger partial charge in [0, 0.05) is 18.2 Å². The van der Waals surface area contributed by atoms with E-state index in [1.54, 1.807) is 14.2 Å². The fourth-order valence-electron chi connectivity index (χ4n) is 2.16. The summed E-state index contributed by atoms with van der Waals surface area (Å²) in [4.78, 5) is 2.38. The summed E-state index contributed by atoms with van der Waals surface area (Å²) >= 11 is 6.58. The molecule has 20 heavy (non-hydrogen) atoms. The van der Waals surface area contributed by atoms with Gasteiger partial charge in [0.15, 0.2) is 0 Å². The molecule has 1 atom stereocenters.